The molecule has 0 aromatic carbocycles. The molecular weight excluding hydrogens is 144 g/mol. The van der Waals surface area contributed by atoms with E-state index in [1.54, 1.807) is 6.92 Å². The molecule has 11 heavy (non-hydrogen) atoms. The lowest BCUT2D eigenvalue weighted by Crippen LogP contribution is -1.94. The lowest BCUT2D eigenvalue weighted by molar-refractivity contribution is 0.0879. The van der Waals surface area contributed by atoms with Gasteiger partial charge in [-0.25, -0.2) is 0 Å². The van der Waals surface area contributed by atoms with Crippen LogP contribution in [-0.2, 0) is 11.3 Å². The maximum atomic E-state index is 5.36. The summed E-state index contributed by atoms with van der Waals surface area (Å²) in [5.74, 6) is 1.17. The van der Waals surface area contributed by atoms with Gasteiger partial charge in [-0.1, -0.05) is 0 Å². The Morgan fingerprint density at radius 1 is 1.55 bits per heavy atom. The Labute approximate surface area is 64.6 Å². The number of rotatable bonds is 3. The molecule has 1 fully saturated rings. The molecule has 4 heteroatoms. The fraction of sp³-hybridized carbons (Fsp3) is 0.714. The van der Waals surface area contributed by atoms with E-state index in [2.05, 4.69) is 10.2 Å². The highest BCUT2D eigenvalue weighted by Crippen LogP contribution is 2.24. The van der Waals surface area contributed by atoms with E-state index in [0.717, 1.165) is 0 Å². The second-order valence-corrected chi connectivity index (χ2v) is 2.73. The number of aromatic nitrogens is 2. The molecule has 0 unspecified atom stereocenters. The third-order valence-electron chi connectivity index (χ3n) is 1.53. The topological polar surface area (TPSA) is 48.2 Å². The molecule has 0 aliphatic heterocycles. The fourth-order valence-corrected chi connectivity index (χ4v) is 0.820. The van der Waals surface area contributed by atoms with Crippen LogP contribution in [0.1, 0.15) is 24.6 Å². The summed E-state index contributed by atoms with van der Waals surface area (Å²) in [6, 6.07) is 0. The number of nitrogens with zero attached hydrogens (tertiary/aromatic N) is 2. The van der Waals surface area contributed by atoms with Crippen LogP contribution in [0.2, 0.25) is 0 Å². The van der Waals surface area contributed by atoms with E-state index in [0.29, 0.717) is 24.5 Å². The second-order valence-electron chi connectivity index (χ2n) is 2.73. The zero-order chi connectivity index (χ0) is 7.68. The predicted octanol–water partition coefficient (Wildman–Crippen LogP) is 1.06. The average molecular weight is 154 g/mol. The number of ether oxygens (including phenoxy) is 1. The molecule has 0 amide bonds. The highest BCUT2D eigenvalue weighted by molar-refractivity contribution is 4.78. The molecule has 2 rings (SSSR count). The Morgan fingerprint density at radius 3 is 2.91 bits per heavy atom. The standard InChI is InChI=1S/C7H10N2O2/c1-5-8-9-7(11-5)4-10-6-2-3-6/h6H,2-4H2,1H3. The molecule has 0 N–H and O–H groups in total. The van der Waals surface area contributed by atoms with Crippen molar-refractivity contribution in [2.24, 2.45) is 0 Å². The van der Waals surface area contributed by atoms with E-state index >= 15 is 0 Å². The summed E-state index contributed by atoms with van der Waals surface area (Å²) in [5.41, 5.74) is 0. The molecule has 1 aromatic rings. The maximum absolute atomic E-state index is 5.36. The van der Waals surface area contributed by atoms with Crippen LogP contribution >= 0.6 is 0 Å². The second kappa shape index (κ2) is 2.62. The van der Waals surface area contributed by atoms with Crippen molar-refractivity contribution < 1.29 is 9.15 Å². The zero-order valence-corrected chi connectivity index (χ0v) is 6.41. The molecule has 4 nitrogen and oxygen atoms in total. The molecule has 0 radical (unpaired) electrons. The van der Waals surface area contributed by atoms with Gasteiger partial charge >= 0.3 is 0 Å². The van der Waals surface area contributed by atoms with Crippen molar-refractivity contribution in [2.75, 3.05) is 0 Å². The van der Waals surface area contributed by atoms with Gasteiger partial charge < -0.3 is 9.15 Å². The van der Waals surface area contributed by atoms with Gasteiger partial charge in [0.2, 0.25) is 11.8 Å². The van der Waals surface area contributed by atoms with Gasteiger partial charge in [-0.15, -0.1) is 10.2 Å². The minimum Gasteiger partial charge on any atom is -0.423 e. The molecule has 1 heterocycles. The lowest BCUT2D eigenvalue weighted by Gasteiger charge is -1.94. The van der Waals surface area contributed by atoms with Crippen molar-refractivity contribution in [1.29, 1.82) is 0 Å². The van der Waals surface area contributed by atoms with Crippen molar-refractivity contribution in [3.05, 3.63) is 11.8 Å². The normalized spacial score (nSPS) is 17.2. The Kier molecular flexibility index (Phi) is 1.62. The Hall–Kier alpha value is -0.900. The Bertz CT molecular complexity index is 242. The summed E-state index contributed by atoms with van der Waals surface area (Å²) in [4.78, 5) is 0. The van der Waals surface area contributed by atoms with Crippen LogP contribution in [0.4, 0.5) is 0 Å². The molecule has 0 saturated heterocycles. The average Bonchev–Trinajstić information content (AvgIpc) is 2.72. The summed E-state index contributed by atoms with van der Waals surface area (Å²) in [6.45, 7) is 2.24. The number of aryl methyl sites for hydroxylation is 1. The minimum absolute atomic E-state index is 0.446. The molecule has 0 bridgehead atoms. The van der Waals surface area contributed by atoms with Crippen LogP contribution in [0.5, 0.6) is 0 Å². The van der Waals surface area contributed by atoms with Crippen LogP contribution in [0.3, 0.4) is 0 Å². The van der Waals surface area contributed by atoms with Gasteiger partial charge in [-0.3, -0.25) is 0 Å². The van der Waals surface area contributed by atoms with Gasteiger partial charge in [0.1, 0.15) is 6.61 Å². The SMILES string of the molecule is Cc1nnc(COC2CC2)o1. The molecule has 0 spiro atoms. The van der Waals surface area contributed by atoms with Crippen molar-refractivity contribution >= 4 is 0 Å². The quantitative estimate of drug-likeness (QED) is 0.653. The number of hydrogen-bond acceptors (Lipinski definition) is 4. The third kappa shape index (κ3) is 1.77. The smallest absolute Gasteiger partial charge is 0.242 e. The van der Waals surface area contributed by atoms with E-state index in [-0.39, 0.29) is 0 Å². The first-order valence-corrected chi connectivity index (χ1v) is 3.75. The Morgan fingerprint density at radius 2 is 2.36 bits per heavy atom. The summed E-state index contributed by atoms with van der Waals surface area (Å²) in [6.07, 6.45) is 2.79. The molecular formula is C7H10N2O2. The summed E-state index contributed by atoms with van der Waals surface area (Å²) >= 11 is 0. The third-order valence-corrected chi connectivity index (χ3v) is 1.53. The number of hydrogen-bond donors (Lipinski definition) is 0. The summed E-state index contributed by atoms with van der Waals surface area (Å²) < 4.78 is 10.5. The van der Waals surface area contributed by atoms with Gasteiger partial charge in [-0.05, 0) is 12.8 Å². The van der Waals surface area contributed by atoms with E-state index in [9.17, 15) is 0 Å². The maximum Gasteiger partial charge on any atom is 0.242 e. The van der Waals surface area contributed by atoms with E-state index < -0.39 is 0 Å². The first-order valence-electron chi connectivity index (χ1n) is 3.75. The minimum atomic E-state index is 0.446. The first-order chi connectivity index (χ1) is 5.34. The van der Waals surface area contributed by atoms with Crippen LogP contribution in [0, 0.1) is 6.92 Å². The van der Waals surface area contributed by atoms with Gasteiger partial charge in [-0.2, -0.15) is 0 Å². The van der Waals surface area contributed by atoms with E-state index in [1.807, 2.05) is 0 Å². The molecule has 0 atom stereocenters. The van der Waals surface area contributed by atoms with Gasteiger partial charge in [0.05, 0.1) is 6.10 Å². The summed E-state index contributed by atoms with van der Waals surface area (Å²) in [7, 11) is 0. The summed E-state index contributed by atoms with van der Waals surface area (Å²) in [5, 5.41) is 7.49. The van der Waals surface area contributed by atoms with E-state index in [4.69, 9.17) is 9.15 Å². The zero-order valence-electron chi connectivity index (χ0n) is 6.41. The molecule has 60 valence electrons. The van der Waals surface area contributed by atoms with Gasteiger partial charge in [0.25, 0.3) is 0 Å². The Balaban J connectivity index is 1.85. The van der Waals surface area contributed by atoms with Crippen LogP contribution in [-0.4, -0.2) is 16.3 Å². The van der Waals surface area contributed by atoms with Crippen LogP contribution in [0.15, 0.2) is 4.42 Å². The predicted molar refractivity (Wildman–Crippen MR) is 36.8 cm³/mol. The molecule has 1 aromatic heterocycles. The van der Waals surface area contributed by atoms with Crippen LogP contribution < -0.4 is 0 Å². The van der Waals surface area contributed by atoms with Crippen molar-refractivity contribution in [1.82, 2.24) is 10.2 Å². The van der Waals surface area contributed by atoms with Crippen molar-refractivity contribution in [3.8, 4) is 0 Å². The lowest BCUT2D eigenvalue weighted by atomic mass is 10.7. The molecule has 1 saturated carbocycles. The fourth-order valence-electron chi connectivity index (χ4n) is 0.820. The highest BCUT2D eigenvalue weighted by atomic mass is 16.5. The molecule has 1 aliphatic rings. The molecule has 1 aliphatic carbocycles. The highest BCUT2D eigenvalue weighted by Gasteiger charge is 2.22. The van der Waals surface area contributed by atoms with Crippen LogP contribution in [0.25, 0.3) is 0 Å². The van der Waals surface area contributed by atoms with Crippen molar-refractivity contribution in [3.63, 3.8) is 0 Å². The van der Waals surface area contributed by atoms with Gasteiger partial charge in [0, 0.05) is 6.92 Å². The van der Waals surface area contributed by atoms with Gasteiger partial charge in [0.15, 0.2) is 0 Å². The van der Waals surface area contributed by atoms with Crippen molar-refractivity contribution in [2.45, 2.75) is 32.5 Å². The van der Waals surface area contributed by atoms with E-state index in [1.165, 1.54) is 12.8 Å². The first kappa shape index (κ1) is 6.79. The largest absolute Gasteiger partial charge is 0.423 e. The monoisotopic (exact) mass is 154 g/mol.